The Kier molecular flexibility index (Phi) is 11.2. The quantitative estimate of drug-likeness (QED) is 0.251. The molecule has 2 saturated heterocycles. The maximum atomic E-state index is 15.1. The Hall–Kier alpha value is -3.83. The van der Waals surface area contributed by atoms with Gasteiger partial charge in [0.15, 0.2) is 0 Å². The first kappa shape index (κ1) is 36.0. The number of carbonyl (C=O) groups is 2. The van der Waals surface area contributed by atoms with Gasteiger partial charge in [-0.2, -0.15) is 0 Å². The van der Waals surface area contributed by atoms with E-state index in [0.29, 0.717) is 98.4 Å². The molecule has 3 heterocycles. The van der Waals surface area contributed by atoms with Crippen LogP contribution in [0.5, 0.6) is 11.5 Å². The van der Waals surface area contributed by atoms with Crippen molar-refractivity contribution in [3.05, 3.63) is 93.5 Å². The molecule has 3 aliphatic heterocycles. The molecule has 12 heteroatoms. The lowest BCUT2D eigenvalue weighted by Gasteiger charge is -2.41. The van der Waals surface area contributed by atoms with Crippen molar-refractivity contribution in [2.24, 2.45) is 4.99 Å². The van der Waals surface area contributed by atoms with Gasteiger partial charge in [0, 0.05) is 55.4 Å². The fraction of sp³-hybridized carbons (Fsp3) is 0.447. The van der Waals surface area contributed by atoms with Gasteiger partial charge in [-0.3, -0.25) is 19.6 Å². The normalized spacial score (nSPS) is 21.4. The number of morpholine rings is 1. The topological polar surface area (TPSA) is 87.2 Å². The second-order valence-corrected chi connectivity index (χ2v) is 14.0. The van der Waals surface area contributed by atoms with Crippen LogP contribution in [0.25, 0.3) is 0 Å². The van der Waals surface area contributed by atoms with E-state index in [0.717, 1.165) is 11.1 Å². The number of amides is 3. The Morgan fingerprint density at radius 3 is 2.14 bits per heavy atom. The summed E-state index contributed by atoms with van der Waals surface area (Å²) in [7, 11) is 1.62. The lowest BCUT2D eigenvalue weighted by Crippen LogP contribution is -2.56. The second-order valence-electron chi connectivity index (χ2n) is 13.1. The monoisotopic (exact) mass is 721 g/mol. The van der Waals surface area contributed by atoms with Crippen molar-refractivity contribution in [3.8, 4) is 11.5 Å². The number of ether oxygens (including phenoxy) is 3. The summed E-state index contributed by atoms with van der Waals surface area (Å²) >= 11 is 12.8. The van der Waals surface area contributed by atoms with Crippen molar-refractivity contribution in [1.29, 1.82) is 0 Å². The summed E-state index contributed by atoms with van der Waals surface area (Å²) < 4.78 is 17.3. The maximum Gasteiger partial charge on any atom is 0.326 e. The zero-order valence-corrected chi connectivity index (χ0v) is 30.6. The van der Waals surface area contributed by atoms with Gasteiger partial charge in [0.25, 0.3) is 0 Å². The van der Waals surface area contributed by atoms with E-state index in [1.165, 1.54) is 0 Å². The van der Waals surface area contributed by atoms with E-state index in [1.54, 1.807) is 7.11 Å². The molecular weight excluding hydrogens is 677 g/mol. The number of aliphatic imine (C=N–C) groups is 1. The third-order valence-corrected chi connectivity index (χ3v) is 10.2. The number of rotatable bonds is 9. The van der Waals surface area contributed by atoms with Crippen LogP contribution in [0.4, 0.5) is 4.79 Å². The summed E-state index contributed by atoms with van der Waals surface area (Å²) in [6.07, 6.45) is 0.447. The minimum atomic E-state index is -0.870. The third kappa shape index (κ3) is 7.44. The van der Waals surface area contributed by atoms with Crippen molar-refractivity contribution in [1.82, 2.24) is 19.6 Å². The largest absolute Gasteiger partial charge is 0.497 e. The second kappa shape index (κ2) is 15.6. The lowest BCUT2D eigenvalue weighted by atomic mass is 9.78. The molecule has 0 aliphatic carbocycles. The zero-order chi connectivity index (χ0) is 35.4. The van der Waals surface area contributed by atoms with E-state index in [4.69, 9.17) is 42.4 Å². The van der Waals surface area contributed by atoms with E-state index in [1.807, 2.05) is 95.3 Å². The van der Waals surface area contributed by atoms with Gasteiger partial charge in [0.1, 0.15) is 22.9 Å². The van der Waals surface area contributed by atoms with Crippen LogP contribution in [-0.2, 0) is 15.1 Å². The molecule has 3 aliphatic rings. The molecule has 3 amide bonds. The molecule has 6 rings (SSSR count). The lowest BCUT2D eigenvalue weighted by molar-refractivity contribution is -0.136. The molecule has 2 atom stereocenters. The van der Waals surface area contributed by atoms with Crippen molar-refractivity contribution in [2.45, 2.75) is 44.9 Å². The summed E-state index contributed by atoms with van der Waals surface area (Å²) in [4.78, 5) is 41.4. The molecule has 0 aromatic heterocycles. The SMILES string of the molecule is CC[C@@]1(c2ccc(Cl)cc2)N=C(c2ccc(OC)cc2OC(C)C)N(C(=O)N2CCN(CC(=O)N3CCOCC3)CC2)[C@H]1c1ccc(Cl)cc1. The predicted molar refractivity (Wildman–Crippen MR) is 196 cm³/mol. The highest BCUT2D eigenvalue weighted by Crippen LogP contribution is 2.52. The van der Waals surface area contributed by atoms with Gasteiger partial charge in [0.05, 0.1) is 44.6 Å². The number of carbonyl (C=O) groups excluding carboxylic acids is 2. The first-order valence-electron chi connectivity index (χ1n) is 17.3. The van der Waals surface area contributed by atoms with Crippen molar-refractivity contribution in [2.75, 3.05) is 66.1 Å². The van der Waals surface area contributed by atoms with Crippen molar-refractivity contribution in [3.63, 3.8) is 0 Å². The molecule has 3 aromatic rings. The fourth-order valence-corrected chi connectivity index (χ4v) is 7.31. The van der Waals surface area contributed by atoms with Crippen molar-refractivity contribution >= 4 is 41.0 Å². The highest BCUT2D eigenvalue weighted by atomic mass is 35.5. The van der Waals surface area contributed by atoms with Crippen LogP contribution < -0.4 is 9.47 Å². The average Bonchev–Trinajstić information content (AvgIpc) is 3.48. The van der Waals surface area contributed by atoms with E-state index in [2.05, 4.69) is 11.8 Å². The molecule has 2 fully saturated rings. The van der Waals surface area contributed by atoms with E-state index in [9.17, 15) is 4.79 Å². The smallest absolute Gasteiger partial charge is 0.326 e. The molecule has 0 saturated carbocycles. The molecular formula is C38H45Cl2N5O5. The first-order valence-corrected chi connectivity index (χ1v) is 18.0. The van der Waals surface area contributed by atoms with Gasteiger partial charge >= 0.3 is 6.03 Å². The summed E-state index contributed by atoms with van der Waals surface area (Å²) in [6, 6.07) is 20.3. The van der Waals surface area contributed by atoms with Crippen LogP contribution in [0.15, 0.2) is 71.7 Å². The Balaban J connectivity index is 1.41. The van der Waals surface area contributed by atoms with Crippen LogP contribution in [0.1, 0.15) is 49.9 Å². The number of methoxy groups -OCH3 is 1. The number of amidine groups is 1. The van der Waals surface area contributed by atoms with Crippen LogP contribution in [-0.4, -0.2) is 110 Å². The van der Waals surface area contributed by atoms with Gasteiger partial charge in [-0.05, 0) is 67.8 Å². The molecule has 0 unspecified atom stereocenters. The van der Waals surface area contributed by atoms with Crippen molar-refractivity contribution < 1.29 is 23.8 Å². The number of hydrogen-bond donors (Lipinski definition) is 0. The zero-order valence-electron chi connectivity index (χ0n) is 29.1. The Labute approximate surface area is 304 Å². The van der Waals surface area contributed by atoms with Crippen LogP contribution in [0.3, 0.4) is 0 Å². The summed E-state index contributed by atoms with van der Waals surface area (Å²) in [5.41, 5.74) is 1.65. The summed E-state index contributed by atoms with van der Waals surface area (Å²) in [5.74, 6) is 1.81. The molecule has 3 aromatic carbocycles. The third-order valence-electron chi connectivity index (χ3n) is 9.68. The number of halogens is 2. The maximum absolute atomic E-state index is 15.1. The van der Waals surface area contributed by atoms with E-state index >= 15 is 4.79 Å². The highest BCUT2D eigenvalue weighted by molar-refractivity contribution is 6.30. The molecule has 266 valence electrons. The molecule has 10 nitrogen and oxygen atoms in total. The molecule has 0 spiro atoms. The minimum absolute atomic E-state index is 0.0951. The standard InChI is InChI=1S/C38H45Cl2N5O5/c1-5-38(28-8-12-30(40)13-9-28)35(27-6-10-29(39)11-7-27)45(36(41-38)32-15-14-31(48-4)24-33(32)50-26(2)3)37(47)44-18-16-42(17-19-44)25-34(46)43-20-22-49-23-21-43/h6-15,24,26,35H,5,16-23,25H2,1-4H3/t35-,38-/m0/s1. The molecule has 0 bridgehead atoms. The summed E-state index contributed by atoms with van der Waals surface area (Å²) in [5, 5.41) is 1.22. The number of piperazine rings is 1. The van der Waals surface area contributed by atoms with Gasteiger partial charge < -0.3 is 24.0 Å². The highest BCUT2D eigenvalue weighted by Gasteiger charge is 2.53. The van der Waals surface area contributed by atoms with Crippen LogP contribution in [0, 0.1) is 0 Å². The molecule has 0 N–H and O–H groups in total. The number of nitrogens with zero attached hydrogens (tertiary/aromatic N) is 5. The van der Waals surface area contributed by atoms with Gasteiger partial charge in [-0.25, -0.2) is 4.79 Å². The molecule has 50 heavy (non-hydrogen) atoms. The van der Waals surface area contributed by atoms with Crippen LogP contribution >= 0.6 is 23.2 Å². The number of hydrogen-bond acceptors (Lipinski definition) is 7. The van der Waals surface area contributed by atoms with Gasteiger partial charge in [-0.15, -0.1) is 0 Å². The van der Waals surface area contributed by atoms with Gasteiger partial charge in [-0.1, -0.05) is 54.4 Å². The number of urea groups is 1. The number of benzene rings is 3. The van der Waals surface area contributed by atoms with Crippen LogP contribution in [0.2, 0.25) is 10.0 Å². The van der Waals surface area contributed by atoms with E-state index in [-0.39, 0.29) is 18.0 Å². The summed E-state index contributed by atoms with van der Waals surface area (Å²) in [6.45, 7) is 10.8. The fourth-order valence-electron chi connectivity index (χ4n) is 7.06. The minimum Gasteiger partial charge on any atom is -0.497 e. The average molecular weight is 723 g/mol. The van der Waals surface area contributed by atoms with Gasteiger partial charge in [0.2, 0.25) is 5.91 Å². The Morgan fingerprint density at radius 2 is 1.54 bits per heavy atom. The Bertz CT molecular complexity index is 1690. The predicted octanol–water partition coefficient (Wildman–Crippen LogP) is 6.49. The van der Waals surface area contributed by atoms with E-state index < -0.39 is 11.6 Å². The Morgan fingerprint density at radius 1 is 0.900 bits per heavy atom. The first-order chi connectivity index (χ1) is 24.1. The molecule has 0 radical (unpaired) electrons.